The van der Waals surface area contributed by atoms with E-state index in [1.54, 1.807) is 0 Å². The number of hydrogen-bond acceptors (Lipinski definition) is 5. The summed E-state index contributed by atoms with van der Waals surface area (Å²) >= 11 is 0. The zero-order valence-electron chi connectivity index (χ0n) is 20.0. The molecule has 0 aromatic heterocycles. The van der Waals surface area contributed by atoms with Crippen molar-refractivity contribution in [3.63, 3.8) is 0 Å². The van der Waals surface area contributed by atoms with Gasteiger partial charge in [-0.2, -0.15) is 0 Å². The molecule has 0 N–H and O–H groups in total. The van der Waals surface area contributed by atoms with E-state index in [1.165, 1.54) is 10.5 Å². The molecule has 6 heteroatoms. The number of piperazine rings is 1. The molecule has 2 aliphatic heterocycles. The zero-order chi connectivity index (χ0) is 23.5. The zero-order valence-corrected chi connectivity index (χ0v) is 20.0. The van der Waals surface area contributed by atoms with Gasteiger partial charge in [-0.25, -0.2) is 4.90 Å². The summed E-state index contributed by atoms with van der Waals surface area (Å²) in [6, 6.07) is 15.2. The maximum Gasteiger partial charge on any atom is 0.282 e. The Labute approximate surface area is 196 Å². The Bertz CT molecular complexity index is 1030. The van der Waals surface area contributed by atoms with E-state index in [4.69, 9.17) is 4.74 Å². The topological polar surface area (TPSA) is 53.1 Å². The minimum absolute atomic E-state index is 0.244. The van der Waals surface area contributed by atoms with Crippen LogP contribution in [0.15, 0.2) is 54.2 Å². The second-order valence-electron chi connectivity index (χ2n) is 8.79. The molecular weight excluding hydrogens is 414 g/mol. The SMILES string of the molecule is CCOc1ccc(C2=C(N3CCN(CC)CC3)C(=O)N(c3ccc(C(C)C)cc3)C2=O)cc1. The van der Waals surface area contributed by atoms with Gasteiger partial charge in [-0.15, -0.1) is 0 Å². The molecule has 2 amide bonds. The molecule has 33 heavy (non-hydrogen) atoms. The first-order valence-corrected chi connectivity index (χ1v) is 11.9. The van der Waals surface area contributed by atoms with Crippen LogP contribution in [0.5, 0.6) is 5.75 Å². The molecule has 2 aromatic carbocycles. The molecule has 1 saturated heterocycles. The largest absolute Gasteiger partial charge is 0.494 e. The highest BCUT2D eigenvalue weighted by atomic mass is 16.5. The van der Waals surface area contributed by atoms with Crippen LogP contribution in [0.2, 0.25) is 0 Å². The Balaban J connectivity index is 1.72. The maximum atomic E-state index is 13.7. The summed E-state index contributed by atoms with van der Waals surface area (Å²) in [5.41, 5.74) is 3.51. The van der Waals surface area contributed by atoms with Gasteiger partial charge in [0.2, 0.25) is 0 Å². The third-order valence-corrected chi connectivity index (χ3v) is 6.47. The number of carbonyl (C=O) groups is 2. The van der Waals surface area contributed by atoms with Gasteiger partial charge in [0.15, 0.2) is 0 Å². The summed E-state index contributed by atoms with van der Waals surface area (Å²) in [5.74, 6) is 0.616. The Morgan fingerprint density at radius 3 is 2.03 bits per heavy atom. The summed E-state index contributed by atoms with van der Waals surface area (Å²) in [6.45, 7) is 13.1. The standard InChI is InChI=1S/C27H33N3O3/c1-5-28-15-17-29(18-16-28)25-24(21-9-13-23(14-10-21)33-6-2)26(31)30(27(25)32)22-11-7-20(8-12-22)19(3)4/h7-14,19H,5-6,15-18H2,1-4H3. The highest BCUT2D eigenvalue weighted by Gasteiger charge is 2.43. The molecule has 2 aliphatic rings. The van der Waals surface area contributed by atoms with Gasteiger partial charge in [-0.1, -0.05) is 45.0 Å². The smallest absolute Gasteiger partial charge is 0.282 e. The average molecular weight is 448 g/mol. The lowest BCUT2D eigenvalue weighted by molar-refractivity contribution is -0.120. The van der Waals surface area contributed by atoms with E-state index in [9.17, 15) is 9.59 Å². The highest BCUT2D eigenvalue weighted by molar-refractivity contribution is 6.45. The molecule has 0 radical (unpaired) electrons. The Morgan fingerprint density at radius 2 is 1.48 bits per heavy atom. The third kappa shape index (κ3) is 4.53. The first-order valence-electron chi connectivity index (χ1n) is 11.9. The molecule has 0 spiro atoms. The number of carbonyl (C=O) groups excluding carboxylic acids is 2. The van der Waals surface area contributed by atoms with E-state index in [1.807, 2.05) is 55.5 Å². The lowest BCUT2D eigenvalue weighted by Crippen LogP contribution is -2.47. The summed E-state index contributed by atoms with van der Waals surface area (Å²) in [4.78, 5) is 33.2. The van der Waals surface area contributed by atoms with Gasteiger partial charge < -0.3 is 14.5 Å². The Morgan fingerprint density at radius 1 is 0.848 bits per heavy atom. The summed E-state index contributed by atoms with van der Waals surface area (Å²) in [7, 11) is 0. The molecule has 0 saturated carbocycles. The average Bonchev–Trinajstić information content (AvgIpc) is 3.09. The van der Waals surface area contributed by atoms with Crippen molar-refractivity contribution in [1.29, 1.82) is 0 Å². The van der Waals surface area contributed by atoms with Crippen molar-refractivity contribution < 1.29 is 14.3 Å². The Hall–Kier alpha value is -3.12. The molecule has 0 bridgehead atoms. The van der Waals surface area contributed by atoms with Crippen LogP contribution in [-0.2, 0) is 9.59 Å². The van der Waals surface area contributed by atoms with Crippen LogP contribution in [0.25, 0.3) is 5.57 Å². The van der Waals surface area contributed by atoms with Crippen molar-refractivity contribution in [3.05, 3.63) is 65.4 Å². The maximum absolute atomic E-state index is 13.7. The van der Waals surface area contributed by atoms with Crippen molar-refractivity contribution in [1.82, 2.24) is 9.80 Å². The molecule has 6 nitrogen and oxygen atoms in total. The number of imide groups is 1. The Kier molecular flexibility index (Phi) is 6.84. The van der Waals surface area contributed by atoms with E-state index in [0.717, 1.165) is 44.0 Å². The number of ether oxygens (including phenoxy) is 1. The molecule has 0 aliphatic carbocycles. The van der Waals surface area contributed by atoms with Crippen molar-refractivity contribution in [2.45, 2.75) is 33.6 Å². The van der Waals surface area contributed by atoms with Crippen LogP contribution < -0.4 is 9.64 Å². The van der Waals surface area contributed by atoms with Crippen molar-refractivity contribution in [2.75, 3.05) is 44.2 Å². The van der Waals surface area contributed by atoms with Gasteiger partial charge in [-0.3, -0.25) is 9.59 Å². The second-order valence-corrected chi connectivity index (χ2v) is 8.79. The number of benzene rings is 2. The van der Waals surface area contributed by atoms with Gasteiger partial charge in [0, 0.05) is 26.2 Å². The lowest BCUT2D eigenvalue weighted by atomic mass is 10.0. The number of nitrogens with zero attached hydrogens (tertiary/aromatic N) is 3. The quantitative estimate of drug-likeness (QED) is 0.598. The monoisotopic (exact) mass is 447 g/mol. The highest BCUT2D eigenvalue weighted by Crippen LogP contribution is 2.36. The van der Waals surface area contributed by atoms with E-state index in [-0.39, 0.29) is 11.8 Å². The van der Waals surface area contributed by atoms with E-state index >= 15 is 0 Å². The van der Waals surface area contributed by atoms with Crippen LogP contribution in [0.4, 0.5) is 5.69 Å². The van der Waals surface area contributed by atoms with Crippen LogP contribution in [0.1, 0.15) is 44.7 Å². The van der Waals surface area contributed by atoms with Crippen LogP contribution in [-0.4, -0.2) is 60.9 Å². The molecule has 174 valence electrons. The van der Waals surface area contributed by atoms with Gasteiger partial charge in [-0.05, 0) is 54.8 Å². The second kappa shape index (κ2) is 9.79. The van der Waals surface area contributed by atoms with Crippen molar-refractivity contribution in [3.8, 4) is 5.75 Å². The van der Waals surface area contributed by atoms with Gasteiger partial charge >= 0.3 is 0 Å². The number of anilines is 1. The minimum atomic E-state index is -0.269. The first kappa shape index (κ1) is 23.1. The van der Waals surface area contributed by atoms with Crippen molar-refractivity contribution in [2.24, 2.45) is 0 Å². The molecular formula is C27H33N3O3. The fraction of sp³-hybridized carbons (Fsp3) is 0.407. The predicted octanol–water partition coefficient (Wildman–Crippen LogP) is 4.13. The predicted molar refractivity (Wildman–Crippen MR) is 131 cm³/mol. The van der Waals surface area contributed by atoms with E-state index < -0.39 is 0 Å². The van der Waals surface area contributed by atoms with E-state index in [2.05, 4.69) is 30.6 Å². The summed E-state index contributed by atoms with van der Waals surface area (Å²) in [6.07, 6.45) is 0. The number of rotatable bonds is 7. The van der Waals surface area contributed by atoms with Gasteiger partial charge in [0.1, 0.15) is 11.4 Å². The van der Waals surface area contributed by atoms with Crippen LogP contribution in [0.3, 0.4) is 0 Å². The molecule has 0 unspecified atom stereocenters. The lowest BCUT2D eigenvalue weighted by Gasteiger charge is -2.36. The molecule has 2 heterocycles. The van der Waals surface area contributed by atoms with E-state index in [0.29, 0.717) is 29.5 Å². The number of amides is 2. The first-order chi connectivity index (χ1) is 15.9. The molecule has 1 fully saturated rings. The fourth-order valence-corrected chi connectivity index (χ4v) is 4.49. The van der Waals surface area contributed by atoms with Crippen LogP contribution in [0, 0.1) is 0 Å². The number of likely N-dealkylation sites (N-methyl/N-ethyl adjacent to an activating group) is 1. The molecule has 0 atom stereocenters. The normalized spacial score (nSPS) is 17.5. The third-order valence-electron chi connectivity index (χ3n) is 6.47. The van der Waals surface area contributed by atoms with Crippen LogP contribution >= 0.6 is 0 Å². The molecule has 2 aromatic rings. The fourth-order valence-electron chi connectivity index (χ4n) is 4.49. The minimum Gasteiger partial charge on any atom is -0.494 e. The number of hydrogen-bond donors (Lipinski definition) is 0. The molecule has 4 rings (SSSR count). The van der Waals surface area contributed by atoms with Gasteiger partial charge in [0.25, 0.3) is 11.8 Å². The van der Waals surface area contributed by atoms with Gasteiger partial charge in [0.05, 0.1) is 17.9 Å². The summed E-state index contributed by atoms with van der Waals surface area (Å²) in [5, 5.41) is 0. The summed E-state index contributed by atoms with van der Waals surface area (Å²) < 4.78 is 5.57. The van der Waals surface area contributed by atoms with Crippen molar-refractivity contribution >= 4 is 23.1 Å².